The van der Waals surface area contributed by atoms with Crippen molar-refractivity contribution in [2.45, 2.75) is 42.7 Å². The van der Waals surface area contributed by atoms with Gasteiger partial charge in [-0.1, -0.05) is 0 Å². The van der Waals surface area contributed by atoms with Crippen LogP contribution in [-0.2, 0) is 10.0 Å². The Morgan fingerprint density at radius 2 is 1.75 bits per heavy atom. The van der Waals surface area contributed by atoms with Gasteiger partial charge in [0.1, 0.15) is 4.90 Å². The first-order chi connectivity index (χ1) is 9.54. The summed E-state index contributed by atoms with van der Waals surface area (Å²) in [5.74, 6) is 0. The summed E-state index contributed by atoms with van der Waals surface area (Å²) in [4.78, 5) is 9.93. The van der Waals surface area contributed by atoms with Gasteiger partial charge in [-0.15, -0.1) is 0 Å². The minimum Gasteiger partial charge on any atom is -0.300 e. The Balaban J connectivity index is 1.60. The molecule has 0 aromatic carbocycles. The molecule has 1 saturated heterocycles. The third-order valence-corrected chi connectivity index (χ3v) is 5.49. The van der Waals surface area contributed by atoms with Crippen molar-refractivity contribution in [2.24, 2.45) is 0 Å². The molecule has 110 valence electrons. The standard InChI is InChI=1S/C12H17ClN4O2S/c13-12-14-7-11(8-15-12)20(18,19)16-9-3-5-17(6-4-9)10-1-2-10/h7-10,16H,1-6H2. The zero-order valence-electron chi connectivity index (χ0n) is 11.0. The van der Waals surface area contributed by atoms with Crippen LogP contribution in [0.4, 0.5) is 0 Å². The summed E-state index contributed by atoms with van der Waals surface area (Å²) in [5, 5.41) is 0.0432. The van der Waals surface area contributed by atoms with E-state index >= 15 is 0 Å². The lowest BCUT2D eigenvalue weighted by Gasteiger charge is -2.32. The van der Waals surface area contributed by atoms with Crippen molar-refractivity contribution in [1.29, 1.82) is 0 Å². The Hall–Kier alpha value is -0.760. The molecule has 1 saturated carbocycles. The number of rotatable bonds is 4. The van der Waals surface area contributed by atoms with Crippen LogP contribution in [0.15, 0.2) is 17.3 Å². The van der Waals surface area contributed by atoms with Gasteiger partial charge in [-0.3, -0.25) is 0 Å². The summed E-state index contributed by atoms with van der Waals surface area (Å²) < 4.78 is 27.1. The molecule has 2 heterocycles. The molecule has 1 aliphatic carbocycles. The second-order valence-corrected chi connectivity index (χ2v) is 7.40. The fourth-order valence-corrected chi connectivity index (χ4v) is 3.84. The molecule has 3 rings (SSSR count). The molecule has 20 heavy (non-hydrogen) atoms. The zero-order valence-corrected chi connectivity index (χ0v) is 12.6. The normalized spacial score (nSPS) is 22.1. The number of nitrogens with zero attached hydrogens (tertiary/aromatic N) is 3. The molecular weight excluding hydrogens is 300 g/mol. The van der Waals surface area contributed by atoms with Crippen molar-refractivity contribution in [3.63, 3.8) is 0 Å². The first kappa shape index (κ1) is 14.2. The Morgan fingerprint density at radius 3 is 2.30 bits per heavy atom. The quantitative estimate of drug-likeness (QED) is 0.840. The van der Waals surface area contributed by atoms with Crippen LogP contribution in [0, 0.1) is 0 Å². The number of aromatic nitrogens is 2. The smallest absolute Gasteiger partial charge is 0.243 e. The van der Waals surface area contributed by atoms with Gasteiger partial charge in [0.05, 0.1) is 12.4 Å². The number of halogens is 1. The fraction of sp³-hybridized carbons (Fsp3) is 0.667. The second kappa shape index (κ2) is 5.55. The van der Waals surface area contributed by atoms with Crippen molar-refractivity contribution < 1.29 is 8.42 Å². The van der Waals surface area contributed by atoms with Crippen LogP contribution in [0.2, 0.25) is 5.28 Å². The van der Waals surface area contributed by atoms with E-state index in [1.54, 1.807) is 0 Å². The van der Waals surface area contributed by atoms with Crippen molar-refractivity contribution in [3.05, 3.63) is 17.7 Å². The van der Waals surface area contributed by atoms with Crippen molar-refractivity contribution in [3.8, 4) is 0 Å². The molecule has 0 spiro atoms. The molecule has 0 radical (unpaired) electrons. The van der Waals surface area contributed by atoms with Gasteiger partial charge in [-0.25, -0.2) is 23.1 Å². The van der Waals surface area contributed by atoms with E-state index in [2.05, 4.69) is 19.6 Å². The van der Waals surface area contributed by atoms with Crippen molar-refractivity contribution >= 4 is 21.6 Å². The topological polar surface area (TPSA) is 75.2 Å². The van der Waals surface area contributed by atoms with Gasteiger partial charge in [0.15, 0.2) is 0 Å². The monoisotopic (exact) mass is 316 g/mol. The van der Waals surface area contributed by atoms with Crippen LogP contribution in [0.25, 0.3) is 0 Å². The van der Waals surface area contributed by atoms with E-state index < -0.39 is 10.0 Å². The van der Waals surface area contributed by atoms with Crippen molar-refractivity contribution in [2.75, 3.05) is 13.1 Å². The van der Waals surface area contributed by atoms with E-state index in [1.165, 1.54) is 25.2 Å². The molecule has 8 heteroatoms. The van der Waals surface area contributed by atoms with Gasteiger partial charge in [0.25, 0.3) is 0 Å². The molecule has 0 amide bonds. The molecule has 2 fully saturated rings. The number of sulfonamides is 1. The minimum absolute atomic E-state index is 0.00863. The Morgan fingerprint density at radius 1 is 1.15 bits per heavy atom. The summed E-state index contributed by atoms with van der Waals surface area (Å²) in [7, 11) is -3.55. The summed E-state index contributed by atoms with van der Waals surface area (Å²) in [6.45, 7) is 1.93. The molecule has 0 unspecified atom stereocenters. The highest BCUT2D eigenvalue weighted by Gasteiger charge is 2.33. The highest BCUT2D eigenvalue weighted by Crippen LogP contribution is 2.29. The first-order valence-electron chi connectivity index (χ1n) is 6.78. The Kier molecular flexibility index (Phi) is 3.94. The molecule has 2 aliphatic rings. The second-order valence-electron chi connectivity index (χ2n) is 5.35. The van der Waals surface area contributed by atoms with Crippen LogP contribution in [-0.4, -0.2) is 48.5 Å². The molecule has 1 N–H and O–H groups in total. The van der Waals surface area contributed by atoms with E-state index in [1.807, 2.05) is 0 Å². The van der Waals surface area contributed by atoms with Gasteiger partial charge in [0, 0.05) is 12.1 Å². The van der Waals surface area contributed by atoms with Gasteiger partial charge in [-0.05, 0) is 50.4 Å². The molecule has 0 atom stereocenters. The van der Waals surface area contributed by atoms with Crippen LogP contribution >= 0.6 is 11.6 Å². The maximum Gasteiger partial charge on any atom is 0.243 e. The summed E-state index contributed by atoms with van der Waals surface area (Å²) >= 11 is 5.56. The van der Waals surface area contributed by atoms with Crippen molar-refractivity contribution in [1.82, 2.24) is 19.6 Å². The molecular formula is C12H17ClN4O2S. The Bertz CT molecular complexity index is 566. The fourth-order valence-electron chi connectivity index (χ4n) is 2.55. The number of likely N-dealkylation sites (tertiary alicyclic amines) is 1. The predicted octanol–water partition coefficient (Wildman–Crippen LogP) is 1.04. The van der Waals surface area contributed by atoms with E-state index in [-0.39, 0.29) is 16.2 Å². The third kappa shape index (κ3) is 3.28. The summed E-state index contributed by atoms with van der Waals surface area (Å²) in [6.07, 6.45) is 6.75. The summed E-state index contributed by atoms with van der Waals surface area (Å²) in [6, 6.07) is 0.739. The summed E-state index contributed by atoms with van der Waals surface area (Å²) in [5.41, 5.74) is 0. The zero-order chi connectivity index (χ0) is 14.2. The Labute approximate surface area is 123 Å². The predicted molar refractivity (Wildman–Crippen MR) is 75.0 cm³/mol. The SMILES string of the molecule is O=S(=O)(NC1CCN(C2CC2)CC1)c1cnc(Cl)nc1. The molecule has 6 nitrogen and oxygen atoms in total. The largest absolute Gasteiger partial charge is 0.300 e. The average molecular weight is 317 g/mol. The van der Waals surface area contributed by atoms with E-state index in [0.29, 0.717) is 0 Å². The molecule has 0 bridgehead atoms. The van der Waals surface area contributed by atoms with Gasteiger partial charge in [-0.2, -0.15) is 0 Å². The molecule has 1 aliphatic heterocycles. The average Bonchev–Trinajstić information content (AvgIpc) is 3.24. The van der Waals surface area contributed by atoms with Crippen LogP contribution in [0.3, 0.4) is 0 Å². The molecule has 1 aromatic rings. The van der Waals surface area contributed by atoms with Gasteiger partial charge < -0.3 is 4.90 Å². The lowest BCUT2D eigenvalue weighted by molar-refractivity contribution is 0.199. The number of piperidine rings is 1. The van der Waals surface area contributed by atoms with E-state index in [9.17, 15) is 8.42 Å². The molecule has 1 aromatic heterocycles. The number of hydrogen-bond acceptors (Lipinski definition) is 5. The van der Waals surface area contributed by atoms with Crippen LogP contribution in [0.5, 0.6) is 0 Å². The lowest BCUT2D eigenvalue weighted by Crippen LogP contribution is -2.45. The highest BCUT2D eigenvalue weighted by molar-refractivity contribution is 7.89. The number of hydrogen-bond donors (Lipinski definition) is 1. The third-order valence-electron chi connectivity index (χ3n) is 3.82. The number of nitrogens with one attached hydrogen (secondary N) is 1. The minimum atomic E-state index is -3.55. The van der Waals surface area contributed by atoms with Crippen LogP contribution in [0.1, 0.15) is 25.7 Å². The van der Waals surface area contributed by atoms with Crippen LogP contribution < -0.4 is 4.72 Å². The highest BCUT2D eigenvalue weighted by atomic mass is 35.5. The van der Waals surface area contributed by atoms with E-state index in [4.69, 9.17) is 11.6 Å². The van der Waals surface area contributed by atoms with E-state index in [0.717, 1.165) is 32.0 Å². The maximum absolute atomic E-state index is 12.2. The first-order valence-corrected chi connectivity index (χ1v) is 8.64. The maximum atomic E-state index is 12.2. The van der Waals surface area contributed by atoms with Gasteiger partial charge >= 0.3 is 0 Å². The lowest BCUT2D eigenvalue weighted by atomic mass is 10.1. The van der Waals surface area contributed by atoms with Gasteiger partial charge in [0.2, 0.25) is 15.3 Å².